The summed E-state index contributed by atoms with van der Waals surface area (Å²) < 4.78 is 0. The average molecular weight is 421 g/mol. The van der Waals surface area contributed by atoms with E-state index in [2.05, 4.69) is 10.6 Å². The maximum absolute atomic E-state index is 13.3. The van der Waals surface area contributed by atoms with E-state index < -0.39 is 36.0 Å². The third-order valence-corrected chi connectivity index (χ3v) is 5.48. The lowest BCUT2D eigenvalue weighted by Gasteiger charge is -2.27. The zero-order valence-electron chi connectivity index (χ0n) is 17.8. The van der Waals surface area contributed by atoms with Crippen LogP contribution in [0, 0.1) is 0 Å². The van der Waals surface area contributed by atoms with Crippen molar-refractivity contribution in [3.8, 4) is 0 Å². The number of benzene rings is 2. The first-order valence-corrected chi connectivity index (χ1v) is 10.4. The van der Waals surface area contributed by atoms with E-state index in [0.29, 0.717) is 24.8 Å². The molecule has 2 atom stereocenters. The summed E-state index contributed by atoms with van der Waals surface area (Å²) >= 11 is 0. The first-order chi connectivity index (χ1) is 14.9. The Morgan fingerprint density at radius 2 is 1.65 bits per heavy atom. The molecule has 2 aromatic rings. The first kappa shape index (κ1) is 22.2. The minimum absolute atomic E-state index is 0.195. The van der Waals surface area contributed by atoms with Gasteiger partial charge in [0.15, 0.2) is 5.78 Å². The smallest absolute Gasteiger partial charge is 0.325 e. The van der Waals surface area contributed by atoms with Crippen LogP contribution >= 0.6 is 0 Å². The van der Waals surface area contributed by atoms with Gasteiger partial charge in [0.25, 0.3) is 5.91 Å². The van der Waals surface area contributed by atoms with Gasteiger partial charge in [0.2, 0.25) is 5.91 Å². The Labute approximate surface area is 181 Å². The summed E-state index contributed by atoms with van der Waals surface area (Å²) in [6, 6.07) is 17.0. The molecule has 2 N–H and O–H groups in total. The number of amides is 4. The summed E-state index contributed by atoms with van der Waals surface area (Å²) in [7, 11) is 0. The molecule has 2 unspecified atom stereocenters. The minimum atomic E-state index is -1.18. The van der Waals surface area contributed by atoms with Crippen LogP contribution in [0.25, 0.3) is 0 Å². The van der Waals surface area contributed by atoms with Crippen LogP contribution in [-0.2, 0) is 26.3 Å². The molecule has 162 valence electrons. The molecular formula is C24H27N3O4. The fraction of sp³-hybridized carbons (Fsp3) is 0.333. The topological polar surface area (TPSA) is 95.6 Å². The van der Waals surface area contributed by atoms with Crippen LogP contribution in [0.2, 0.25) is 0 Å². The van der Waals surface area contributed by atoms with Crippen LogP contribution in [0.1, 0.15) is 37.8 Å². The van der Waals surface area contributed by atoms with Gasteiger partial charge >= 0.3 is 6.03 Å². The molecule has 1 aliphatic heterocycles. The molecule has 0 saturated carbocycles. The van der Waals surface area contributed by atoms with Crippen molar-refractivity contribution in [2.24, 2.45) is 0 Å². The SMILES string of the molecule is CCCC1(c2ccccc2)NC(=O)N(CC(=O)NC(Cc2ccccc2)C(C)=O)C1=O. The van der Waals surface area contributed by atoms with Crippen LogP contribution < -0.4 is 10.6 Å². The zero-order valence-corrected chi connectivity index (χ0v) is 17.8. The number of nitrogens with one attached hydrogen (secondary N) is 2. The van der Waals surface area contributed by atoms with Gasteiger partial charge in [-0.25, -0.2) is 4.79 Å². The Bertz CT molecular complexity index is 961. The quantitative estimate of drug-likeness (QED) is 0.608. The van der Waals surface area contributed by atoms with E-state index in [1.54, 1.807) is 12.1 Å². The van der Waals surface area contributed by atoms with E-state index in [0.717, 1.165) is 10.5 Å². The summed E-state index contributed by atoms with van der Waals surface area (Å²) in [6.07, 6.45) is 1.43. The average Bonchev–Trinajstić information content (AvgIpc) is 3.00. The van der Waals surface area contributed by atoms with Gasteiger partial charge < -0.3 is 10.6 Å². The maximum Gasteiger partial charge on any atom is 0.325 e. The molecule has 1 saturated heterocycles. The molecule has 7 heteroatoms. The molecule has 1 fully saturated rings. The fourth-order valence-corrected chi connectivity index (χ4v) is 3.91. The Morgan fingerprint density at radius 1 is 1.03 bits per heavy atom. The number of carbonyl (C=O) groups is 4. The van der Waals surface area contributed by atoms with E-state index in [4.69, 9.17) is 0 Å². The maximum atomic E-state index is 13.3. The highest BCUT2D eigenvalue weighted by Gasteiger charge is 2.52. The second kappa shape index (κ2) is 9.55. The van der Waals surface area contributed by atoms with Crippen molar-refractivity contribution in [3.05, 3.63) is 71.8 Å². The standard InChI is InChI=1S/C24H27N3O4/c1-3-14-24(19-12-8-5-9-13-19)22(30)27(23(31)26-24)16-21(29)25-20(17(2)28)15-18-10-6-4-7-11-18/h4-13,20H,3,14-16H2,1-2H3,(H,25,29)(H,26,31). The number of urea groups is 1. The summed E-state index contributed by atoms with van der Waals surface area (Å²) in [5, 5.41) is 5.47. The largest absolute Gasteiger partial charge is 0.344 e. The monoisotopic (exact) mass is 421 g/mol. The van der Waals surface area contributed by atoms with E-state index in [9.17, 15) is 19.2 Å². The van der Waals surface area contributed by atoms with Crippen molar-refractivity contribution < 1.29 is 19.2 Å². The third-order valence-electron chi connectivity index (χ3n) is 5.48. The molecule has 4 amide bonds. The van der Waals surface area contributed by atoms with Crippen LogP contribution in [0.5, 0.6) is 0 Å². The minimum Gasteiger partial charge on any atom is -0.344 e. The number of imide groups is 1. The van der Waals surface area contributed by atoms with E-state index in [1.807, 2.05) is 55.5 Å². The summed E-state index contributed by atoms with van der Waals surface area (Å²) in [5.41, 5.74) is 0.407. The van der Waals surface area contributed by atoms with Gasteiger partial charge in [0.05, 0.1) is 6.04 Å². The van der Waals surface area contributed by atoms with Crippen molar-refractivity contribution in [2.45, 2.75) is 44.7 Å². The van der Waals surface area contributed by atoms with Gasteiger partial charge in [-0.05, 0) is 30.9 Å². The first-order valence-electron chi connectivity index (χ1n) is 10.4. The second-order valence-electron chi connectivity index (χ2n) is 7.76. The van der Waals surface area contributed by atoms with Gasteiger partial charge in [0, 0.05) is 0 Å². The predicted molar refractivity (Wildman–Crippen MR) is 116 cm³/mol. The fourth-order valence-electron chi connectivity index (χ4n) is 3.91. The molecule has 0 aliphatic carbocycles. The summed E-state index contributed by atoms with van der Waals surface area (Å²) in [6.45, 7) is 2.89. The van der Waals surface area contributed by atoms with Crippen molar-refractivity contribution in [1.82, 2.24) is 15.5 Å². The number of carbonyl (C=O) groups excluding carboxylic acids is 4. The van der Waals surface area contributed by atoms with Crippen LogP contribution in [0.3, 0.4) is 0 Å². The van der Waals surface area contributed by atoms with Crippen molar-refractivity contribution in [1.29, 1.82) is 0 Å². The number of ketones is 1. The van der Waals surface area contributed by atoms with Gasteiger partial charge in [-0.1, -0.05) is 74.0 Å². The van der Waals surface area contributed by atoms with Crippen molar-refractivity contribution in [2.75, 3.05) is 6.54 Å². The Balaban J connectivity index is 1.74. The molecule has 0 radical (unpaired) electrons. The lowest BCUT2D eigenvalue weighted by Crippen LogP contribution is -2.48. The van der Waals surface area contributed by atoms with Crippen LogP contribution in [0.4, 0.5) is 4.79 Å². The number of nitrogens with zero attached hydrogens (tertiary/aromatic N) is 1. The van der Waals surface area contributed by atoms with Crippen LogP contribution in [0.15, 0.2) is 60.7 Å². The highest BCUT2D eigenvalue weighted by atomic mass is 16.2. The highest BCUT2D eigenvalue weighted by Crippen LogP contribution is 2.33. The van der Waals surface area contributed by atoms with Gasteiger partial charge in [0.1, 0.15) is 12.1 Å². The number of hydrogen-bond donors (Lipinski definition) is 2. The number of hydrogen-bond acceptors (Lipinski definition) is 4. The third kappa shape index (κ3) is 4.82. The van der Waals surface area contributed by atoms with Gasteiger partial charge in [-0.2, -0.15) is 0 Å². The van der Waals surface area contributed by atoms with E-state index >= 15 is 0 Å². The molecule has 0 spiro atoms. The number of Topliss-reactive ketones (excluding diaryl/α,β-unsaturated/α-hetero) is 1. The van der Waals surface area contributed by atoms with E-state index in [1.165, 1.54) is 6.92 Å². The Kier molecular flexibility index (Phi) is 6.84. The molecule has 7 nitrogen and oxygen atoms in total. The van der Waals surface area contributed by atoms with E-state index in [-0.39, 0.29) is 5.78 Å². The molecular weight excluding hydrogens is 394 g/mol. The normalized spacial score (nSPS) is 19.1. The van der Waals surface area contributed by atoms with Crippen LogP contribution in [-0.4, -0.2) is 41.1 Å². The lowest BCUT2D eigenvalue weighted by atomic mass is 9.85. The highest BCUT2D eigenvalue weighted by molar-refractivity contribution is 6.09. The molecule has 1 aliphatic rings. The molecule has 31 heavy (non-hydrogen) atoms. The Hall–Kier alpha value is -3.48. The van der Waals surface area contributed by atoms with Crippen molar-refractivity contribution >= 4 is 23.6 Å². The predicted octanol–water partition coefficient (Wildman–Crippen LogP) is 2.55. The molecule has 2 aromatic carbocycles. The number of rotatable bonds is 9. The lowest BCUT2D eigenvalue weighted by molar-refractivity contribution is -0.136. The zero-order chi connectivity index (χ0) is 22.4. The molecule has 1 heterocycles. The molecule has 3 rings (SSSR count). The van der Waals surface area contributed by atoms with Gasteiger partial charge in [-0.3, -0.25) is 19.3 Å². The Morgan fingerprint density at radius 3 is 2.23 bits per heavy atom. The molecule has 0 aromatic heterocycles. The molecule has 0 bridgehead atoms. The summed E-state index contributed by atoms with van der Waals surface area (Å²) in [5.74, 6) is -1.21. The van der Waals surface area contributed by atoms with Crippen molar-refractivity contribution in [3.63, 3.8) is 0 Å². The summed E-state index contributed by atoms with van der Waals surface area (Å²) in [4.78, 5) is 51.6. The second-order valence-corrected chi connectivity index (χ2v) is 7.76. The van der Waals surface area contributed by atoms with Gasteiger partial charge in [-0.15, -0.1) is 0 Å².